The van der Waals surface area contributed by atoms with Crippen molar-refractivity contribution < 1.29 is 4.79 Å². The molecule has 15 heavy (non-hydrogen) atoms. The molecule has 0 spiro atoms. The van der Waals surface area contributed by atoms with Crippen LogP contribution in [0.5, 0.6) is 0 Å². The van der Waals surface area contributed by atoms with Crippen LogP contribution < -0.4 is 10.2 Å². The zero-order valence-electron chi connectivity index (χ0n) is 8.83. The molecule has 82 valence electrons. The van der Waals surface area contributed by atoms with Crippen molar-refractivity contribution in [2.45, 2.75) is 6.42 Å². The van der Waals surface area contributed by atoms with Crippen LogP contribution in [0.3, 0.4) is 0 Å². The summed E-state index contributed by atoms with van der Waals surface area (Å²) in [5.41, 5.74) is 0. The molecule has 0 bridgehead atoms. The first-order valence-electron chi connectivity index (χ1n) is 4.67. The zero-order valence-corrected chi connectivity index (χ0v) is 10.4. The molecule has 0 aliphatic carbocycles. The Morgan fingerprint density at radius 2 is 2.40 bits per heavy atom. The highest BCUT2D eigenvalue weighted by atomic mass is 79.9. The van der Waals surface area contributed by atoms with Gasteiger partial charge in [0.15, 0.2) is 0 Å². The number of hydrogen-bond acceptors (Lipinski definition) is 3. The Hall–Kier alpha value is -1.10. The van der Waals surface area contributed by atoms with Gasteiger partial charge in [-0.05, 0) is 28.1 Å². The van der Waals surface area contributed by atoms with E-state index in [1.165, 1.54) is 0 Å². The molecule has 0 aliphatic rings. The zero-order chi connectivity index (χ0) is 11.3. The number of rotatable bonds is 4. The summed E-state index contributed by atoms with van der Waals surface area (Å²) in [6, 6.07) is 3.79. The van der Waals surface area contributed by atoms with Crippen LogP contribution in [0.25, 0.3) is 0 Å². The molecular weight excluding hydrogens is 258 g/mol. The van der Waals surface area contributed by atoms with Crippen molar-refractivity contribution >= 4 is 27.7 Å². The Balaban J connectivity index is 2.57. The van der Waals surface area contributed by atoms with Gasteiger partial charge < -0.3 is 10.2 Å². The predicted molar refractivity (Wildman–Crippen MR) is 63.9 cm³/mol. The SMILES string of the molecule is CNC(=O)CCN(C)c1ncccc1Br. The number of nitrogens with one attached hydrogen (secondary N) is 1. The Labute approximate surface area is 97.8 Å². The van der Waals surface area contributed by atoms with Gasteiger partial charge in [-0.2, -0.15) is 0 Å². The van der Waals surface area contributed by atoms with Gasteiger partial charge in [-0.15, -0.1) is 0 Å². The monoisotopic (exact) mass is 271 g/mol. The largest absolute Gasteiger partial charge is 0.359 e. The molecule has 0 aromatic carbocycles. The third-order valence-corrected chi connectivity index (χ3v) is 2.67. The lowest BCUT2D eigenvalue weighted by Crippen LogP contribution is -2.27. The van der Waals surface area contributed by atoms with Gasteiger partial charge in [0.1, 0.15) is 5.82 Å². The second-order valence-electron chi connectivity index (χ2n) is 3.15. The van der Waals surface area contributed by atoms with Crippen molar-refractivity contribution in [1.29, 1.82) is 0 Å². The molecule has 1 aromatic rings. The highest BCUT2D eigenvalue weighted by Crippen LogP contribution is 2.21. The summed E-state index contributed by atoms with van der Waals surface area (Å²) in [5.74, 6) is 0.885. The number of amides is 1. The van der Waals surface area contributed by atoms with Crippen molar-refractivity contribution in [3.05, 3.63) is 22.8 Å². The number of hydrogen-bond donors (Lipinski definition) is 1. The molecule has 1 rings (SSSR count). The molecule has 5 heteroatoms. The minimum Gasteiger partial charge on any atom is -0.359 e. The maximum atomic E-state index is 11.1. The number of halogens is 1. The van der Waals surface area contributed by atoms with E-state index in [1.807, 2.05) is 24.1 Å². The minimum absolute atomic E-state index is 0.0360. The fourth-order valence-electron chi connectivity index (χ4n) is 1.16. The number of aromatic nitrogens is 1. The van der Waals surface area contributed by atoms with Crippen LogP contribution in [0.1, 0.15) is 6.42 Å². The van der Waals surface area contributed by atoms with Crippen LogP contribution in [0, 0.1) is 0 Å². The van der Waals surface area contributed by atoms with Crippen LogP contribution in [-0.4, -0.2) is 31.5 Å². The molecule has 0 atom stereocenters. The molecule has 0 saturated carbocycles. The van der Waals surface area contributed by atoms with E-state index in [2.05, 4.69) is 26.2 Å². The van der Waals surface area contributed by atoms with Crippen molar-refractivity contribution in [2.24, 2.45) is 0 Å². The summed E-state index contributed by atoms with van der Waals surface area (Å²) in [6.07, 6.45) is 2.20. The van der Waals surface area contributed by atoms with Gasteiger partial charge >= 0.3 is 0 Å². The average Bonchev–Trinajstić information content (AvgIpc) is 2.26. The highest BCUT2D eigenvalue weighted by Gasteiger charge is 2.07. The van der Waals surface area contributed by atoms with Gasteiger partial charge in [0.25, 0.3) is 0 Å². The predicted octanol–water partition coefficient (Wildman–Crippen LogP) is 1.42. The molecule has 1 amide bonds. The Bertz CT molecular complexity index is 343. The number of pyridine rings is 1. The van der Waals surface area contributed by atoms with Gasteiger partial charge in [-0.25, -0.2) is 4.98 Å². The number of nitrogens with zero attached hydrogens (tertiary/aromatic N) is 2. The molecular formula is C10H14BrN3O. The van der Waals surface area contributed by atoms with E-state index in [4.69, 9.17) is 0 Å². The van der Waals surface area contributed by atoms with Gasteiger partial charge in [0.2, 0.25) is 5.91 Å². The second kappa shape index (κ2) is 5.70. The summed E-state index contributed by atoms with van der Waals surface area (Å²) in [4.78, 5) is 17.2. The van der Waals surface area contributed by atoms with E-state index in [1.54, 1.807) is 13.2 Å². The molecule has 1 N–H and O–H groups in total. The van der Waals surface area contributed by atoms with Crippen molar-refractivity contribution in [2.75, 3.05) is 25.5 Å². The molecule has 0 radical (unpaired) electrons. The molecule has 0 aliphatic heterocycles. The lowest BCUT2D eigenvalue weighted by atomic mass is 10.3. The fraction of sp³-hybridized carbons (Fsp3) is 0.400. The second-order valence-corrected chi connectivity index (χ2v) is 4.01. The summed E-state index contributed by atoms with van der Waals surface area (Å²) in [7, 11) is 3.55. The Morgan fingerprint density at radius 1 is 1.67 bits per heavy atom. The average molecular weight is 272 g/mol. The summed E-state index contributed by atoms with van der Waals surface area (Å²) in [5, 5.41) is 2.59. The highest BCUT2D eigenvalue weighted by molar-refractivity contribution is 9.10. The summed E-state index contributed by atoms with van der Waals surface area (Å²) < 4.78 is 0.935. The first-order chi connectivity index (χ1) is 7.15. The maximum absolute atomic E-state index is 11.1. The third kappa shape index (κ3) is 3.51. The Kier molecular flexibility index (Phi) is 4.55. The molecule has 1 heterocycles. The normalized spacial score (nSPS) is 9.80. The smallest absolute Gasteiger partial charge is 0.221 e. The van der Waals surface area contributed by atoms with E-state index in [-0.39, 0.29) is 5.91 Å². The Morgan fingerprint density at radius 3 is 3.00 bits per heavy atom. The van der Waals surface area contributed by atoms with E-state index in [0.29, 0.717) is 13.0 Å². The number of carbonyl (C=O) groups is 1. The van der Waals surface area contributed by atoms with Crippen LogP contribution >= 0.6 is 15.9 Å². The fourth-order valence-corrected chi connectivity index (χ4v) is 1.72. The molecule has 4 nitrogen and oxygen atoms in total. The van der Waals surface area contributed by atoms with Crippen LogP contribution in [0.2, 0.25) is 0 Å². The maximum Gasteiger partial charge on any atom is 0.221 e. The van der Waals surface area contributed by atoms with Crippen LogP contribution in [0.4, 0.5) is 5.82 Å². The molecule has 1 aromatic heterocycles. The number of carbonyl (C=O) groups excluding carboxylic acids is 1. The molecule has 0 unspecified atom stereocenters. The molecule has 0 saturated heterocycles. The van der Waals surface area contributed by atoms with E-state index in [0.717, 1.165) is 10.3 Å². The standard InChI is InChI=1S/C10H14BrN3O/c1-12-9(15)5-7-14(2)10-8(11)4-3-6-13-10/h3-4,6H,5,7H2,1-2H3,(H,12,15). The lowest BCUT2D eigenvalue weighted by molar-refractivity contribution is -0.120. The van der Waals surface area contributed by atoms with Gasteiger partial charge in [0, 0.05) is 33.3 Å². The van der Waals surface area contributed by atoms with Crippen LogP contribution in [0.15, 0.2) is 22.8 Å². The van der Waals surface area contributed by atoms with Gasteiger partial charge in [-0.3, -0.25) is 4.79 Å². The topological polar surface area (TPSA) is 45.2 Å². The van der Waals surface area contributed by atoms with Crippen molar-refractivity contribution in [1.82, 2.24) is 10.3 Å². The van der Waals surface area contributed by atoms with Crippen molar-refractivity contribution in [3.63, 3.8) is 0 Å². The summed E-state index contributed by atoms with van der Waals surface area (Å²) >= 11 is 3.42. The number of anilines is 1. The van der Waals surface area contributed by atoms with Crippen molar-refractivity contribution in [3.8, 4) is 0 Å². The van der Waals surface area contributed by atoms with E-state index in [9.17, 15) is 4.79 Å². The van der Waals surface area contributed by atoms with Crippen LogP contribution in [-0.2, 0) is 4.79 Å². The van der Waals surface area contributed by atoms with Gasteiger partial charge in [0.05, 0.1) is 4.47 Å². The lowest BCUT2D eigenvalue weighted by Gasteiger charge is -2.18. The van der Waals surface area contributed by atoms with Gasteiger partial charge in [-0.1, -0.05) is 0 Å². The summed E-state index contributed by atoms with van der Waals surface area (Å²) in [6.45, 7) is 0.648. The molecule has 0 fully saturated rings. The quantitative estimate of drug-likeness (QED) is 0.901. The first-order valence-corrected chi connectivity index (χ1v) is 5.46. The van der Waals surface area contributed by atoms with E-state index >= 15 is 0 Å². The first kappa shape index (κ1) is 12.0. The van der Waals surface area contributed by atoms with E-state index < -0.39 is 0 Å². The third-order valence-electron chi connectivity index (χ3n) is 2.05. The minimum atomic E-state index is 0.0360.